The number of nitrogens with zero attached hydrogens (tertiary/aromatic N) is 1. The molecule has 0 unspecified atom stereocenters. The van der Waals surface area contributed by atoms with Crippen molar-refractivity contribution in [2.24, 2.45) is 0 Å². The Hall–Kier alpha value is -0.843. The number of unbranched alkanes of at least 4 members (excludes halogenated alkanes) is 1. The average Bonchev–Trinajstić information content (AvgIpc) is 2.26. The van der Waals surface area contributed by atoms with Gasteiger partial charge in [0.2, 0.25) is 0 Å². The maximum absolute atomic E-state index is 11.1. The van der Waals surface area contributed by atoms with Crippen LogP contribution in [0.5, 0.6) is 0 Å². The standard InChI is InChI=1S/C10H20NO3Si/c1-3-8-14-10(13)6-4-5-7-11(9-12)15-2/h3-8,15H2,1-2H3. The normalized spacial score (nSPS) is 10.5. The minimum Gasteiger partial charge on any atom is -0.466 e. The van der Waals surface area contributed by atoms with E-state index in [1.54, 1.807) is 4.57 Å². The van der Waals surface area contributed by atoms with Crippen LogP contribution in [0.25, 0.3) is 0 Å². The van der Waals surface area contributed by atoms with Crippen LogP contribution in [0, 0.1) is 0 Å². The average molecular weight is 230 g/mol. The van der Waals surface area contributed by atoms with Gasteiger partial charge in [0.15, 0.2) is 0 Å². The summed E-state index contributed by atoms with van der Waals surface area (Å²) in [5.41, 5.74) is 0. The molecule has 0 bridgehead atoms. The molecule has 4 nitrogen and oxygen atoms in total. The van der Waals surface area contributed by atoms with Crippen LogP contribution in [0.4, 0.5) is 0 Å². The predicted molar refractivity (Wildman–Crippen MR) is 61.9 cm³/mol. The van der Waals surface area contributed by atoms with E-state index in [1.165, 1.54) is 0 Å². The molecule has 0 aromatic heterocycles. The van der Waals surface area contributed by atoms with Gasteiger partial charge in [-0.2, -0.15) is 0 Å². The van der Waals surface area contributed by atoms with Crippen molar-refractivity contribution in [1.29, 1.82) is 0 Å². The van der Waals surface area contributed by atoms with Crippen LogP contribution in [0.3, 0.4) is 0 Å². The van der Waals surface area contributed by atoms with Crippen molar-refractivity contribution in [3.05, 3.63) is 0 Å². The lowest BCUT2D eigenvalue weighted by atomic mass is 10.2. The third kappa shape index (κ3) is 8.17. The first-order chi connectivity index (χ1) is 7.24. The third-order valence-corrected chi connectivity index (χ3v) is 3.25. The minimum absolute atomic E-state index is 0.132. The molecule has 0 aliphatic rings. The Morgan fingerprint density at radius 1 is 1.47 bits per heavy atom. The Balaban J connectivity index is 3.37. The van der Waals surface area contributed by atoms with Gasteiger partial charge >= 0.3 is 12.4 Å². The van der Waals surface area contributed by atoms with Crippen molar-refractivity contribution in [1.82, 2.24) is 4.57 Å². The fourth-order valence-electron chi connectivity index (χ4n) is 1.13. The largest absolute Gasteiger partial charge is 0.466 e. The van der Waals surface area contributed by atoms with Crippen LogP contribution in [0.15, 0.2) is 0 Å². The molecule has 0 aromatic rings. The van der Waals surface area contributed by atoms with Crippen molar-refractivity contribution in [3.63, 3.8) is 0 Å². The predicted octanol–water partition coefficient (Wildman–Crippen LogP) is 0.611. The van der Waals surface area contributed by atoms with Crippen molar-refractivity contribution in [2.75, 3.05) is 13.2 Å². The van der Waals surface area contributed by atoms with Crippen LogP contribution in [0.2, 0.25) is 6.55 Å². The fraction of sp³-hybridized carbons (Fsp3) is 0.800. The summed E-state index contributed by atoms with van der Waals surface area (Å²) in [6.07, 6.45) is 4.87. The number of esters is 1. The van der Waals surface area contributed by atoms with E-state index >= 15 is 0 Å². The second-order valence-electron chi connectivity index (χ2n) is 3.35. The molecule has 1 amide bonds. The highest BCUT2D eigenvalue weighted by molar-refractivity contribution is 6.33. The van der Waals surface area contributed by atoms with E-state index in [4.69, 9.17) is 4.74 Å². The monoisotopic (exact) mass is 230 g/mol. The first-order valence-corrected chi connectivity index (χ1v) is 7.57. The van der Waals surface area contributed by atoms with Gasteiger partial charge in [0.25, 0.3) is 0 Å². The second kappa shape index (κ2) is 9.70. The second-order valence-corrected chi connectivity index (χ2v) is 4.74. The quantitative estimate of drug-likeness (QED) is 0.252. The zero-order valence-corrected chi connectivity index (χ0v) is 11.0. The molecule has 0 saturated carbocycles. The van der Waals surface area contributed by atoms with Gasteiger partial charge in [-0.25, -0.2) is 0 Å². The van der Waals surface area contributed by atoms with E-state index in [0.717, 1.165) is 25.8 Å². The maximum atomic E-state index is 11.1. The molecule has 15 heavy (non-hydrogen) atoms. The summed E-state index contributed by atoms with van der Waals surface area (Å²) in [7, 11) is -0.439. The Labute approximate surface area is 93.9 Å². The van der Waals surface area contributed by atoms with Gasteiger partial charge in [-0.15, -0.1) is 0 Å². The van der Waals surface area contributed by atoms with E-state index in [0.29, 0.717) is 13.0 Å². The highest BCUT2D eigenvalue weighted by atomic mass is 28.2. The summed E-state index contributed by atoms with van der Waals surface area (Å²) in [5, 5.41) is 0. The molecule has 0 aliphatic carbocycles. The van der Waals surface area contributed by atoms with Crippen LogP contribution < -0.4 is 0 Å². The van der Waals surface area contributed by atoms with E-state index in [2.05, 4.69) is 0 Å². The SMILES string of the molecule is CCCOC(=O)CCCCN([C]=O)[SiH2]C. The molecule has 0 aliphatic heterocycles. The molecular formula is C10H20NO3Si. The number of hydrogen-bond donors (Lipinski definition) is 0. The van der Waals surface area contributed by atoms with Gasteiger partial charge in [0, 0.05) is 13.0 Å². The molecule has 1 radical (unpaired) electrons. The van der Waals surface area contributed by atoms with E-state index < -0.39 is 9.68 Å². The minimum atomic E-state index is -0.439. The Kier molecular flexibility index (Phi) is 9.16. The summed E-state index contributed by atoms with van der Waals surface area (Å²) in [6.45, 7) is 5.25. The highest BCUT2D eigenvalue weighted by Gasteiger charge is 2.03. The summed E-state index contributed by atoms with van der Waals surface area (Å²) < 4.78 is 6.64. The molecule has 5 heteroatoms. The fourth-order valence-corrected chi connectivity index (χ4v) is 1.80. The molecule has 0 saturated heterocycles. The third-order valence-electron chi connectivity index (χ3n) is 2.04. The summed E-state index contributed by atoms with van der Waals surface area (Å²) >= 11 is 0. The lowest BCUT2D eigenvalue weighted by molar-refractivity contribution is -0.143. The highest BCUT2D eigenvalue weighted by Crippen LogP contribution is 1.99. The summed E-state index contributed by atoms with van der Waals surface area (Å²) in [6, 6.07) is 0. The Morgan fingerprint density at radius 3 is 2.73 bits per heavy atom. The molecule has 0 aromatic carbocycles. The van der Waals surface area contributed by atoms with Gasteiger partial charge in [-0.3, -0.25) is 9.59 Å². The maximum Gasteiger partial charge on any atom is 0.305 e. The van der Waals surface area contributed by atoms with Crippen molar-refractivity contribution in [2.45, 2.75) is 39.2 Å². The van der Waals surface area contributed by atoms with Gasteiger partial charge in [-0.05, 0) is 19.3 Å². The van der Waals surface area contributed by atoms with Gasteiger partial charge in [-0.1, -0.05) is 13.5 Å². The molecule has 0 N–H and O–H groups in total. The van der Waals surface area contributed by atoms with Crippen LogP contribution >= 0.6 is 0 Å². The van der Waals surface area contributed by atoms with Crippen LogP contribution in [0.1, 0.15) is 32.6 Å². The summed E-state index contributed by atoms with van der Waals surface area (Å²) in [4.78, 5) is 21.4. The summed E-state index contributed by atoms with van der Waals surface area (Å²) in [5.74, 6) is -0.132. The van der Waals surface area contributed by atoms with Crippen molar-refractivity contribution in [3.8, 4) is 0 Å². The number of amides is 1. The number of carbonyl (C=O) groups is 1. The molecule has 0 fully saturated rings. The lowest BCUT2D eigenvalue weighted by Gasteiger charge is -2.12. The van der Waals surface area contributed by atoms with Crippen molar-refractivity contribution >= 4 is 22.1 Å². The number of carbonyl (C=O) groups excluding carboxylic acids is 2. The lowest BCUT2D eigenvalue weighted by Crippen LogP contribution is -2.25. The molecule has 0 rings (SSSR count). The smallest absolute Gasteiger partial charge is 0.305 e. The van der Waals surface area contributed by atoms with Gasteiger partial charge in [0.05, 0.1) is 6.61 Å². The van der Waals surface area contributed by atoms with Crippen molar-refractivity contribution < 1.29 is 14.3 Å². The number of rotatable bonds is 9. The molecule has 0 spiro atoms. The molecule has 0 heterocycles. The zero-order chi connectivity index (χ0) is 11.5. The van der Waals surface area contributed by atoms with E-state index in [1.807, 2.05) is 19.9 Å². The first kappa shape index (κ1) is 14.2. The molecule has 0 atom stereocenters. The number of hydrogen-bond acceptors (Lipinski definition) is 3. The van der Waals surface area contributed by atoms with E-state index in [-0.39, 0.29) is 5.97 Å². The topological polar surface area (TPSA) is 46.6 Å². The van der Waals surface area contributed by atoms with Crippen LogP contribution in [-0.2, 0) is 14.3 Å². The van der Waals surface area contributed by atoms with Gasteiger partial charge < -0.3 is 9.30 Å². The Bertz CT molecular complexity index is 188. The zero-order valence-electron chi connectivity index (χ0n) is 9.62. The number of ether oxygens (including phenoxy) is 1. The van der Waals surface area contributed by atoms with Gasteiger partial charge in [0.1, 0.15) is 9.68 Å². The van der Waals surface area contributed by atoms with Crippen LogP contribution in [-0.4, -0.2) is 39.8 Å². The molecular weight excluding hydrogens is 210 g/mol. The first-order valence-electron chi connectivity index (χ1n) is 5.52. The molecule has 87 valence electrons. The van der Waals surface area contributed by atoms with E-state index in [9.17, 15) is 9.59 Å². The Morgan fingerprint density at radius 2 is 2.20 bits per heavy atom.